The molecule has 2 aromatic rings. The molecule has 0 bridgehead atoms. The van der Waals surface area contributed by atoms with Crippen LogP contribution in [0.1, 0.15) is 34.7 Å². The van der Waals surface area contributed by atoms with Crippen LogP contribution in [-0.4, -0.2) is 19.0 Å². The Hall–Kier alpha value is -2.49. The second kappa shape index (κ2) is 6.10. The smallest absolute Gasteiger partial charge is 0.248 e. The number of carbonyl (C=O) groups excluding carboxylic acids is 1. The minimum Gasteiger partial charge on any atom is -0.397 e. The summed E-state index contributed by atoms with van der Waals surface area (Å²) >= 11 is 0. The van der Waals surface area contributed by atoms with Gasteiger partial charge in [-0.2, -0.15) is 0 Å². The van der Waals surface area contributed by atoms with Crippen molar-refractivity contribution < 1.29 is 4.79 Å². The van der Waals surface area contributed by atoms with Crippen LogP contribution in [0.5, 0.6) is 0 Å². The standard InChI is InChI=1S/C18H21N3O/c19-16-3-1-2-4-17(16)21-11-9-14(10-12-21)13-5-7-15(8-6-13)18(20)22/h1-8,14H,9-12,19H2,(H2,20,22). The predicted octanol–water partition coefficient (Wildman–Crippen LogP) is 2.75. The molecule has 4 nitrogen and oxygen atoms in total. The molecular weight excluding hydrogens is 274 g/mol. The molecule has 4 heteroatoms. The third kappa shape index (κ3) is 2.91. The van der Waals surface area contributed by atoms with Crippen molar-refractivity contribution >= 4 is 17.3 Å². The van der Waals surface area contributed by atoms with Gasteiger partial charge >= 0.3 is 0 Å². The van der Waals surface area contributed by atoms with E-state index in [1.54, 1.807) is 0 Å². The molecule has 1 amide bonds. The summed E-state index contributed by atoms with van der Waals surface area (Å²) in [5.41, 5.74) is 15.2. The molecule has 0 radical (unpaired) electrons. The van der Waals surface area contributed by atoms with Crippen LogP contribution >= 0.6 is 0 Å². The molecule has 3 rings (SSSR count). The van der Waals surface area contributed by atoms with Gasteiger partial charge in [0, 0.05) is 18.7 Å². The summed E-state index contributed by atoms with van der Waals surface area (Å²) in [4.78, 5) is 13.5. The number of anilines is 2. The Morgan fingerprint density at radius 2 is 1.64 bits per heavy atom. The van der Waals surface area contributed by atoms with Gasteiger partial charge in [-0.15, -0.1) is 0 Å². The van der Waals surface area contributed by atoms with Gasteiger partial charge in [-0.25, -0.2) is 0 Å². The van der Waals surface area contributed by atoms with E-state index in [-0.39, 0.29) is 5.91 Å². The van der Waals surface area contributed by atoms with Crippen molar-refractivity contribution in [2.24, 2.45) is 5.73 Å². The van der Waals surface area contributed by atoms with Crippen molar-refractivity contribution in [3.63, 3.8) is 0 Å². The van der Waals surface area contributed by atoms with Crippen molar-refractivity contribution in [2.45, 2.75) is 18.8 Å². The summed E-state index contributed by atoms with van der Waals surface area (Å²) in [7, 11) is 0. The number of benzene rings is 2. The van der Waals surface area contributed by atoms with E-state index in [0.717, 1.165) is 37.3 Å². The van der Waals surface area contributed by atoms with Gasteiger partial charge in [0.1, 0.15) is 0 Å². The van der Waals surface area contributed by atoms with E-state index < -0.39 is 0 Å². The Balaban J connectivity index is 1.66. The lowest BCUT2D eigenvalue weighted by Gasteiger charge is -2.34. The van der Waals surface area contributed by atoms with Crippen LogP contribution < -0.4 is 16.4 Å². The van der Waals surface area contributed by atoms with Crippen LogP contribution in [0.4, 0.5) is 11.4 Å². The number of rotatable bonds is 3. The Morgan fingerprint density at radius 1 is 1.00 bits per heavy atom. The molecule has 2 aromatic carbocycles. The molecule has 114 valence electrons. The van der Waals surface area contributed by atoms with Crippen LogP contribution in [0, 0.1) is 0 Å². The fourth-order valence-electron chi connectivity index (χ4n) is 3.15. The number of carbonyl (C=O) groups is 1. The monoisotopic (exact) mass is 295 g/mol. The summed E-state index contributed by atoms with van der Waals surface area (Å²) in [5, 5.41) is 0. The van der Waals surface area contributed by atoms with Gasteiger partial charge in [0.25, 0.3) is 0 Å². The van der Waals surface area contributed by atoms with Crippen LogP contribution in [0.3, 0.4) is 0 Å². The van der Waals surface area contributed by atoms with E-state index in [1.165, 1.54) is 5.56 Å². The number of primary amides is 1. The maximum atomic E-state index is 11.1. The molecule has 0 aromatic heterocycles. The summed E-state index contributed by atoms with van der Waals surface area (Å²) in [5.74, 6) is 0.157. The van der Waals surface area contributed by atoms with E-state index >= 15 is 0 Å². The highest BCUT2D eigenvalue weighted by molar-refractivity contribution is 5.92. The van der Waals surface area contributed by atoms with E-state index in [9.17, 15) is 4.79 Å². The number of nitrogens with zero attached hydrogens (tertiary/aromatic N) is 1. The zero-order valence-electron chi connectivity index (χ0n) is 12.5. The molecule has 0 saturated carbocycles. The molecule has 1 fully saturated rings. The first-order valence-electron chi connectivity index (χ1n) is 7.64. The first kappa shape index (κ1) is 14.4. The van der Waals surface area contributed by atoms with Gasteiger partial charge in [0.15, 0.2) is 0 Å². The average molecular weight is 295 g/mol. The van der Waals surface area contributed by atoms with Crippen molar-refractivity contribution in [1.29, 1.82) is 0 Å². The lowest BCUT2D eigenvalue weighted by Crippen LogP contribution is -2.33. The topological polar surface area (TPSA) is 72.4 Å². The molecular formula is C18H21N3O. The van der Waals surface area contributed by atoms with Gasteiger partial charge in [-0.3, -0.25) is 4.79 Å². The summed E-state index contributed by atoms with van der Waals surface area (Å²) in [6, 6.07) is 15.7. The maximum Gasteiger partial charge on any atom is 0.248 e. The second-order valence-corrected chi connectivity index (χ2v) is 5.81. The van der Waals surface area contributed by atoms with Crippen LogP contribution in [0.15, 0.2) is 48.5 Å². The molecule has 1 aliphatic rings. The summed E-state index contributed by atoms with van der Waals surface area (Å²) in [6.45, 7) is 1.99. The Morgan fingerprint density at radius 3 is 2.23 bits per heavy atom. The van der Waals surface area contributed by atoms with Crippen molar-refractivity contribution in [3.05, 3.63) is 59.7 Å². The third-order valence-corrected chi connectivity index (χ3v) is 4.44. The van der Waals surface area contributed by atoms with Crippen LogP contribution in [-0.2, 0) is 0 Å². The predicted molar refractivity (Wildman–Crippen MR) is 90.0 cm³/mol. The largest absolute Gasteiger partial charge is 0.397 e. The normalized spacial score (nSPS) is 15.7. The fourth-order valence-corrected chi connectivity index (χ4v) is 3.15. The number of para-hydroxylation sites is 2. The van der Waals surface area contributed by atoms with Crippen molar-refractivity contribution in [1.82, 2.24) is 0 Å². The van der Waals surface area contributed by atoms with E-state index in [0.29, 0.717) is 11.5 Å². The van der Waals surface area contributed by atoms with Gasteiger partial charge < -0.3 is 16.4 Å². The fraction of sp³-hybridized carbons (Fsp3) is 0.278. The first-order chi connectivity index (χ1) is 10.6. The van der Waals surface area contributed by atoms with E-state index in [1.807, 2.05) is 42.5 Å². The highest BCUT2D eigenvalue weighted by atomic mass is 16.1. The van der Waals surface area contributed by atoms with Crippen molar-refractivity contribution in [2.75, 3.05) is 23.7 Å². The molecule has 1 heterocycles. The molecule has 1 saturated heterocycles. The Labute approximate surface area is 130 Å². The Kier molecular flexibility index (Phi) is 4.00. The zero-order valence-corrected chi connectivity index (χ0v) is 12.5. The average Bonchev–Trinajstić information content (AvgIpc) is 2.56. The van der Waals surface area contributed by atoms with Gasteiger partial charge in [-0.05, 0) is 48.6 Å². The van der Waals surface area contributed by atoms with Gasteiger partial charge in [0.05, 0.1) is 11.4 Å². The number of hydrogen-bond acceptors (Lipinski definition) is 3. The zero-order chi connectivity index (χ0) is 15.5. The minimum absolute atomic E-state index is 0.374. The highest BCUT2D eigenvalue weighted by Crippen LogP contribution is 2.32. The quantitative estimate of drug-likeness (QED) is 0.855. The van der Waals surface area contributed by atoms with Gasteiger partial charge in [-0.1, -0.05) is 24.3 Å². The number of nitrogens with two attached hydrogens (primary N) is 2. The molecule has 0 atom stereocenters. The number of amides is 1. The molecule has 22 heavy (non-hydrogen) atoms. The molecule has 4 N–H and O–H groups in total. The summed E-state index contributed by atoms with van der Waals surface area (Å²) < 4.78 is 0. The molecule has 0 spiro atoms. The lowest BCUT2D eigenvalue weighted by atomic mass is 9.88. The Bertz CT molecular complexity index is 658. The van der Waals surface area contributed by atoms with E-state index in [2.05, 4.69) is 11.0 Å². The van der Waals surface area contributed by atoms with Crippen molar-refractivity contribution in [3.8, 4) is 0 Å². The second-order valence-electron chi connectivity index (χ2n) is 5.81. The SMILES string of the molecule is NC(=O)c1ccc(C2CCN(c3ccccc3N)CC2)cc1. The minimum atomic E-state index is -0.374. The molecule has 0 unspecified atom stereocenters. The first-order valence-corrected chi connectivity index (χ1v) is 7.64. The van der Waals surface area contributed by atoms with Gasteiger partial charge in [0.2, 0.25) is 5.91 Å². The lowest BCUT2D eigenvalue weighted by molar-refractivity contribution is 0.100. The molecule has 0 aliphatic carbocycles. The summed E-state index contributed by atoms with van der Waals surface area (Å²) in [6.07, 6.45) is 2.18. The van der Waals surface area contributed by atoms with E-state index in [4.69, 9.17) is 11.5 Å². The van der Waals surface area contributed by atoms with Crippen LogP contribution in [0.25, 0.3) is 0 Å². The molecule has 1 aliphatic heterocycles. The third-order valence-electron chi connectivity index (χ3n) is 4.44. The highest BCUT2D eigenvalue weighted by Gasteiger charge is 2.21. The number of piperidine rings is 1. The number of nitrogen functional groups attached to an aromatic ring is 1. The number of hydrogen-bond donors (Lipinski definition) is 2. The maximum absolute atomic E-state index is 11.1. The van der Waals surface area contributed by atoms with Crippen LogP contribution in [0.2, 0.25) is 0 Å².